The van der Waals surface area contributed by atoms with E-state index >= 15 is 0 Å². The summed E-state index contributed by atoms with van der Waals surface area (Å²) in [7, 11) is 1.61. The molecule has 1 aromatic carbocycles. The maximum atomic E-state index is 12.0. The lowest BCUT2D eigenvalue weighted by molar-refractivity contribution is 0.0942. The van der Waals surface area contributed by atoms with Crippen molar-refractivity contribution in [1.29, 1.82) is 0 Å². The fourth-order valence-corrected chi connectivity index (χ4v) is 1.89. The first-order chi connectivity index (χ1) is 10.7. The maximum absolute atomic E-state index is 12.0. The Hall–Kier alpha value is -2.50. The molecular formula is C16H20N2O4. The van der Waals surface area contributed by atoms with Gasteiger partial charge in [0.2, 0.25) is 0 Å². The van der Waals surface area contributed by atoms with E-state index < -0.39 is 0 Å². The third kappa shape index (κ3) is 3.78. The van der Waals surface area contributed by atoms with Crippen LogP contribution < -0.4 is 14.8 Å². The molecule has 1 amide bonds. The first kappa shape index (κ1) is 15.9. The lowest BCUT2D eigenvalue weighted by Crippen LogP contribution is -2.25. The average Bonchev–Trinajstić information content (AvgIpc) is 2.92. The second-order valence-corrected chi connectivity index (χ2v) is 4.79. The molecule has 0 bridgehead atoms. The van der Waals surface area contributed by atoms with Crippen molar-refractivity contribution >= 4 is 5.91 Å². The zero-order chi connectivity index (χ0) is 15.9. The Kier molecular flexibility index (Phi) is 5.41. The highest BCUT2D eigenvalue weighted by molar-refractivity contribution is 5.93. The summed E-state index contributed by atoms with van der Waals surface area (Å²) in [6.07, 6.45) is 0.861. The van der Waals surface area contributed by atoms with Crippen LogP contribution in [-0.4, -0.2) is 24.7 Å². The van der Waals surface area contributed by atoms with Crippen LogP contribution in [0.1, 0.15) is 35.2 Å². The van der Waals surface area contributed by atoms with Gasteiger partial charge in [-0.15, -0.1) is 0 Å². The number of aromatic nitrogens is 1. The van der Waals surface area contributed by atoms with E-state index in [4.69, 9.17) is 14.0 Å². The minimum absolute atomic E-state index is 0.219. The summed E-state index contributed by atoms with van der Waals surface area (Å²) >= 11 is 0. The van der Waals surface area contributed by atoms with E-state index in [1.54, 1.807) is 26.2 Å². The molecule has 22 heavy (non-hydrogen) atoms. The number of hydrogen-bond acceptors (Lipinski definition) is 5. The number of ether oxygens (including phenoxy) is 2. The van der Waals surface area contributed by atoms with Gasteiger partial charge >= 0.3 is 0 Å². The number of methoxy groups -OCH3 is 1. The molecule has 0 spiro atoms. The highest BCUT2D eigenvalue weighted by Crippen LogP contribution is 2.20. The van der Waals surface area contributed by atoms with Gasteiger partial charge in [0.1, 0.15) is 23.9 Å². The highest BCUT2D eigenvalue weighted by atomic mass is 16.5. The molecule has 6 nitrogen and oxygen atoms in total. The lowest BCUT2D eigenvalue weighted by Gasteiger charge is -2.07. The largest absolute Gasteiger partial charge is 0.497 e. The summed E-state index contributed by atoms with van der Waals surface area (Å²) in [6, 6.07) is 7.23. The van der Waals surface area contributed by atoms with Crippen LogP contribution in [0, 0.1) is 6.92 Å². The number of carbonyl (C=O) groups excluding carboxylic acids is 1. The quantitative estimate of drug-likeness (QED) is 0.851. The second kappa shape index (κ2) is 7.49. The third-order valence-electron chi connectivity index (χ3n) is 3.18. The Bertz CT molecular complexity index is 620. The summed E-state index contributed by atoms with van der Waals surface area (Å²) in [6.45, 7) is 4.57. The van der Waals surface area contributed by atoms with Crippen molar-refractivity contribution in [2.45, 2.75) is 26.9 Å². The molecule has 1 N–H and O–H groups in total. The highest BCUT2D eigenvalue weighted by Gasteiger charge is 2.19. The van der Waals surface area contributed by atoms with Crippen molar-refractivity contribution in [2.75, 3.05) is 13.7 Å². The molecule has 0 unspecified atom stereocenters. The van der Waals surface area contributed by atoms with E-state index in [1.165, 1.54) is 0 Å². The number of hydrogen-bond donors (Lipinski definition) is 1. The predicted octanol–water partition coefficient (Wildman–Crippen LogP) is 2.71. The first-order valence-corrected chi connectivity index (χ1v) is 7.16. The zero-order valence-corrected chi connectivity index (χ0v) is 13.0. The van der Waals surface area contributed by atoms with Crippen LogP contribution in [0.4, 0.5) is 0 Å². The van der Waals surface area contributed by atoms with Crippen molar-refractivity contribution in [1.82, 2.24) is 10.5 Å². The fraction of sp³-hybridized carbons (Fsp3) is 0.375. The summed E-state index contributed by atoms with van der Waals surface area (Å²) in [4.78, 5) is 12.0. The molecule has 6 heteroatoms. The summed E-state index contributed by atoms with van der Waals surface area (Å²) in [5.41, 5.74) is 0.934. The van der Waals surface area contributed by atoms with Crippen LogP contribution >= 0.6 is 0 Å². The number of nitrogens with one attached hydrogen (secondary N) is 1. The van der Waals surface area contributed by atoms with Gasteiger partial charge in [0.15, 0.2) is 5.69 Å². The molecule has 0 fully saturated rings. The van der Waals surface area contributed by atoms with Crippen LogP contribution in [0.15, 0.2) is 28.8 Å². The van der Waals surface area contributed by atoms with E-state index in [2.05, 4.69) is 10.5 Å². The Labute approximate surface area is 129 Å². The molecule has 0 aliphatic heterocycles. The van der Waals surface area contributed by atoms with E-state index in [9.17, 15) is 4.79 Å². The summed E-state index contributed by atoms with van der Waals surface area (Å²) in [5, 5.41) is 6.60. The monoisotopic (exact) mass is 304 g/mol. The van der Waals surface area contributed by atoms with Crippen LogP contribution in [-0.2, 0) is 6.61 Å². The van der Waals surface area contributed by atoms with E-state index in [1.807, 2.05) is 19.1 Å². The van der Waals surface area contributed by atoms with E-state index in [0.29, 0.717) is 23.6 Å². The molecular weight excluding hydrogens is 284 g/mol. The standard InChI is InChI=1S/C16H20N2O4/c1-4-9-17-16(19)15-14(11(2)22-18-15)10-21-13-7-5-12(20-3)6-8-13/h5-8H,4,9-10H2,1-3H3,(H,17,19). The van der Waals surface area contributed by atoms with Gasteiger partial charge in [-0.3, -0.25) is 4.79 Å². The van der Waals surface area contributed by atoms with Gasteiger partial charge in [-0.1, -0.05) is 12.1 Å². The molecule has 0 aliphatic rings. The molecule has 2 aromatic rings. The minimum Gasteiger partial charge on any atom is -0.497 e. The lowest BCUT2D eigenvalue weighted by atomic mass is 10.2. The van der Waals surface area contributed by atoms with Gasteiger partial charge in [-0.2, -0.15) is 0 Å². The van der Waals surface area contributed by atoms with Crippen LogP contribution in [0.5, 0.6) is 11.5 Å². The number of amides is 1. The van der Waals surface area contributed by atoms with Gasteiger partial charge in [0, 0.05) is 6.54 Å². The normalized spacial score (nSPS) is 10.3. The Morgan fingerprint density at radius 3 is 2.59 bits per heavy atom. The molecule has 1 heterocycles. The van der Waals surface area contributed by atoms with Gasteiger partial charge in [-0.25, -0.2) is 0 Å². The maximum Gasteiger partial charge on any atom is 0.273 e. The van der Waals surface area contributed by atoms with E-state index in [0.717, 1.165) is 12.2 Å². The summed E-state index contributed by atoms with van der Waals surface area (Å²) in [5.74, 6) is 1.77. The number of aryl methyl sites for hydroxylation is 1. The zero-order valence-electron chi connectivity index (χ0n) is 13.0. The SMILES string of the molecule is CCCNC(=O)c1noc(C)c1COc1ccc(OC)cc1. The molecule has 0 radical (unpaired) electrons. The molecule has 2 rings (SSSR count). The van der Waals surface area contributed by atoms with Crippen molar-refractivity contribution in [2.24, 2.45) is 0 Å². The smallest absolute Gasteiger partial charge is 0.273 e. The molecule has 1 aromatic heterocycles. The van der Waals surface area contributed by atoms with Gasteiger partial charge in [0.25, 0.3) is 5.91 Å². The molecule has 0 saturated carbocycles. The molecule has 0 aliphatic carbocycles. The number of rotatable bonds is 7. The van der Waals surface area contributed by atoms with Crippen molar-refractivity contribution in [3.63, 3.8) is 0 Å². The molecule has 0 saturated heterocycles. The number of carbonyl (C=O) groups is 1. The molecule has 118 valence electrons. The Morgan fingerprint density at radius 2 is 1.95 bits per heavy atom. The molecule has 0 atom stereocenters. The van der Waals surface area contributed by atoms with Crippen molar-refractivity contribution in [3.05, 3.63) is 41.3 Å². The van der Waals surface area contributed by atoms with Gasteiger partial charge < -0.3 is 19.3 Å². The Morgan fingerprint density at radius 1 is 1.27 bits per heavy atom. The second-order valence-electron chi connectivity index (χ2n) is 4.79. The Balaban J connectivity index is 2.05. The topological polar surface area (TPSA) is 73.6 Å². The number of benzene rings is 1. The van der Waals surface area contributed by atoms with Crippen LogP contribution in [0.3, 0.4) is 0 Å². The minimum atomic E-state index is -0.243. The van der Waals surface area contributed by atoms with Crippen LogP contribution in [0.25, 0.3) is 0 Å². The van der Waals surface area contributed by atoms with Crippen molar-refractivity contribution in [3.8, 4) is 11.5 Å². The third-order valence-corrected chi connectivity index (χ3v) is 3.18. The number of nitrogens with zero attached hydrogens (tertiary/aromatic N) is 1. The predicted molar refractivity (Wildman–Crippen MR) is 81.2 cm³/mol. The van der Waals surface area contributed by atoms with Gasteiger partial charge in [0.05, 0.1) is 12.7 Å². The van der Waals surface area contributed by atoms with Crippen molar-refractivity contribution < 1.29 is 18.8 Å². The summed E-state index contributed by atoms with van der Waals surface area (Å²) < 4.78 is 15.9. The van der Waals surface area contributed by atoms with Crippen LogP contribution in [0.2, 0.25) is 0 Å². The fourth-order valence-electron chi connectivity index (χ4n) is 1.89. The first-order valence-electron chi connectivity index (χ1n) is 7.16. The van der Waals surface area contributed by atoms with Gasteiger partial charge in [-0.05, 0) is 37.6 Å². The average molecular weight is 304 g/mol. The van der Waals surface area contributed by atoms with E-state index in [-0.39, 0.29) is 18.2 Å².